The van der Waals surface area contributed by atoms with Crippen molar-refractivity contribution in [3.63, 3.8) is 0 Å². The van der Waals surface area contributed by atoms with Gasteiger partial charge in [-0.1, -0.05) is 37.5 Å². The average Bonchev–Trinajstić information content (AvgIpc) is 3.24. The van der Waals surface area contributed by atoms with Gasteiger partial charge in [0, 0.05) is 6.08 Å². The van der Waals surface area contributed by atoms with E-state index in [1.807, 2.05) is 0 Å². The van der Waals surface area contributed by atoms with E-state index in [1.54, 1.807) is 6.08 Å². The molecule has 1 saturated carbocycles. The summed E-state index contributed by atoms with van der Waals surface area (Å²) in [5, 5.41) is 19.2. The number of fused-ring (bicyclic) bond motifs is 2. The van der Waals surface area contributed by atoms with Gasteiger partial charge in [-0.3, -0.25) is 0 Å². The van der Waals surface area contributed by atoms with Crippen LogP contribution < -0.4 is 0 Å². The summed E-state index contributed by atoms with van der Waals surface area (Å²) < 4.78 is 6.18. The van der Waals surface area contributed by atoms with Crippen molar-refractivity contribution in [2.24, 2.45) is 17.8 Å². The highest BCUT2D eigenvalue weighted by atomic mass is 16.5. The van der Waals surface area contributed by atoms with E-state index in [4.69, 9.17) is 9.84 Å². The van der Waals surface area contributed by atoms with Crippen LogP contribution in [0.1, 0.15) is 70.6 Å². The molecule has 3 fully saturated rings. The molecule has 0 aromatic heterocycles. The van der Waals surface area contributed by atoms with Crippen LogP contribution in [0, 0.1) is 17.8 Å². The number of aliphatic carboxylic acids is 1. The molecule has 2 heterocycles. The lowest BCUT2D eigenvalue weighted by Crippen LogP contribution is -2.29. The molecule has 0 aromatic carbocycles. The van der Waals surface area contributed by atoms with E-state index in [2.05, 4.69) is 12.2 Å². The Morgan fingerprint density at radius 3 is 2.46 bits per heavy atom. The molecule has 2 N–H and O–H groups in total. The van der Waals surface area contributed by atoms with E-state index < -0.39 is 5.97 Å². The fourth-order valence-electron chi connectivity index (χ4n) is 5.31. The van der Waals surface area contributed by atoms with Crippen LogP contribution in [-0.2, 0) is 9.53 Å². The molecule has 2 saturated heterocycles. The van der Waals surface area contributed by atoms with Crippen molar-refractivity contribution in [3.05, 3.63) is 24.3 Å². The summed E-state index contributed by atoms with van der Waals surface area (Å²) in [7, 11) is 0. The summed E-state index contributed by atoms with van der Waals surface area (Å²) in [6, 6.07) is 0. The van der Waals surface area contributed by atoms with Gasteiger partial charge in [-0.25, -0.2) is 4.79 Å². The van der Waals surface area contributed by atoms with Crippen LogP contribution in [0.2, 0.25) is 0 Å². The van der Waals surface area contributed by atoms with Gasteiger partial charge in [-0.2, -0.15) is 0 Å². The van der Waals surface area contributed by atoms with E-state index in [1.165, 1.54) is 51.0 Å². The van der Waals surface area contributed by atoms with Crippen molar-refractivity contribution in [3.8, 4) is 0 Å². The summed E-state index contributed by atoms with van der Waals surface area (Å²) in [6.45, 7) is 0. The first kappa shape index (κ1) is 19.6. The SMILES string of the molecule is O=C(O)C=CCC=CC[C@H]1[C@@H](CCC(O)C2CCCCC2)[C@H]2CC[C@@H]1O2. The van der Waals surface area contributed by atoms with Crippen LogP contribution in [0.3, 0.4) is 0 Å². The maximum atomic E-state index is 10.6. The summed E-state index contributed by atoms with van der Waals surface area (Å²) in [5.74, 6) is 0.761. The zero-order valence-corrected chi connectivity index (χ0v) is 15.8. The number of hydrogen-bond acceptors (Lipinski definition) is 3. The van der Waals surface area contributed by atoms with Gasteiger partial charge in [0.1, 0.15) is 0 Å². The minimum absolute atomic E-state index is 0.133. The fourth-order valence-corrected chi connectivity index (χ4v) is 5.31. The predicted molar refractivity (Wildman–Crippen MR) is 102 cm³/mol. The smallest absolute Gasteiger partial charge is 0.327 e. The van der Waals surface area contributed by atoms with Gasteiger partial charge >= 0.3 is 5.97 Å². The summed E-state index contributed by atoms with van der Waals surface area (Å²) in [6.07, 6.45) is 20.1. The first-order valence-electron chi connectivity index (χ1n) is 10.5. The van der Waals surface area contributed by atoms with Crippen LogP contribution in [0.4, 0.5) is 0 Å². The number of rotatable bonds is 9. The van der Waals surface area contributed by atoms with E-state index in [-0.39, 0.29) is 6.10 Å². The van der Waals surface area contributed by atoms with Gasteiger partial charge in [0.05, 0.1) is 18.3 Å². The van der Waals surface area contributed by atoms with Crippen LogP contribution in [-0.4, -0.2) is 34.5 Å². The topological polar surface area (TPSA) is 66.8 Å². The number of ether oxygens (including phenoxy) is 1. The van der Waals surface area contributed by atoms with Crippen molar-refractivity contribution in [1.82, 2.24) is 0 Å². The Labute approximate surface area is 157 Å². The number of carbonyl (C=O) groups is 1. The van der Waals surface area contributed by atoms with E-state index in [0.29, 0.717) is 36.4 Å². The maximum Gasteiger partial charge on any atom is 0.327 e. The fraction of sp³-hybridized carbons (Fsp3) is 0.773. The van der Waals surface area contributed by atoms with Gasteiger partial charge < -0.3 is 14.9 Å². The van der Waals surface area contributed by atoms with Crippen molar-refractivity contribution in [2.75, 3.05) is 0 Å². The van der Waals surface area contributed by atoms with Gasteiger partial charge in [-0.05, 0) is 69.1 Å². The largest absolute Gasteiger partial charge is 0.478 e. The Bertz CT molecular complexity index is 506. The average molecular weight is 363 g/mol. The molecule has 4 heteroatoms. The second-order valence-corrected chi connectivity index (χ2v) is 8.34. The number of aliphatic hydroxyl groups is 1. The van der Waals surface area contributed by atoms with Gasteiger partial charge in [0.25, 0.3) is 0 Å². The molecule has 26 heavy (non-hydrogen) atoms. The Kier molecular flexibility index (Phi) is 7.32. The third kappa shape index (κ3) is 5.20. The Balaban J connectivity index is 1.45. The zero-order chi connectivity index (χ0) is 18.4. The lowest BCUT2D eigenvalue weighted by Gasteiger charge is -2.31. The Hall–Kier alpha value is -1.13. The molecule has 0 aromatic rings. The molecule has 2 bridgehead atoms. The summed E-state index contributed by atoms with van der Waals surface area (Å²) >= 11 is 0. The lowest BCUT2D eigenvalue weighted by atomic mass is 9.74. The lowest BCUT2D eigenvalue weighted by molar-refractivity contribution is -0.131. The third-order valence-electron chi connectivity index (χ3n) is 6.69. The highest BCUT2D eigenvalue weighted by Crippen LogP contribution is 2.47. The number of carboxylic acid groups (broad SMARTS) is 1. The standard InChI is InChI=1S/C22H34O4/c23-19(16-8-4-3-5-9-16)13-12-18-17(20-14-15-21(18)26-20)10-6-1-2-7-11-22(24)25/h1,6-7,11,16-21,23H,2-5,8-10,12-15H2,(H,24,25)/t17-,18+,19?,20-,21+/m0/s1. The molecule has 5 atom stereocenters. The number of hydrogen-bond donors (Lipinski definition) is 2. The van der Waals surface area contributed by atoms with Crippen molar-refractivity contribution >= 4 is 5.97 Å². The normalized spacial score (nSPS) is 33.4. The molecule has 0 radical (unpaired) electrons. The van der Waals surface area contributed by atoms with Crippen LogP contribution in [0.5, 0.6) is 0 Å². The Morgan fingerprint density at radius 1 is 1.00 bits per heavy atom. The van der Waals surface area contributed by atoms with Gasteiger partial charge in [0.2, 0.25) is 0 Å². The first-order valence-corrected chi connectivity index (χ1v) is 10.5. The number of aliphatic hydroxyl groups excluding tert-OH is 1. The molecule has 0 spiro atoms. The molecule has 2 aliphatic heterocycles. The molecule has 1 unspecified atom stereocenters. The highest BCUT2D eigenvalue weighted by molar-refractivity contribution is 5.79. The molecule has 4 nitrogen and oxygen atoms in total. The molecule has 3 rings (SSSR count). The minimum atomic E-state index is -0.892. The van der Waals surface area contributed by atoms with E-state index in [0.717, 1.165) is 19.3 Å². The van der Waals surface area contributed by atoms with E-state index in [9.17, 15) is 9.90 Å². The second kappa shape index (κ2) is 9.70. The van der Waals surface area contributed by atoms with E-state index >= 15 is 0 Å². The van der Waals surface area contributed by atoms with Crippen LogP contribution >= 0.6 is 0 Å². The molecular weight excluding hydrogens is 328 g/mol. The zero-order valence-electron chi connectivity index (χ0n) is 15.8. The van der Waals surface area contributed by atoms with Gasteiger partial charge in [-0.15, -0.1) is 0 Å². The molecular formula is C22H34O4. The van der Waals surface area contributed by atoms with Crippen LogP contribution in [0.15, 0.2) is 24.3 Å². The summed E-state index contributed by atoms with van der Waals surface area (Å²) in [4.78, 5) is 10.5. The molecule has 3 aliphatic rings. The first-order chi connectivity index (χ1) is 12.6. The third-order valence-corrected chi connectivity index (χ3v) is 6.69. The number of allylic oxidation sites excluding steroid dienone is 3. The maximum absolute atomic E-state index is 10.6. The minimum Gasteiger partial charge on any atom is -0.478 e. The molecule has 1 aliphatic carbocycles. The number of carboxylic acids is 1. The second-order valence-electron chi connectivity index (χ2n) is 8.34. The quantitative estimate of drug-likeness (QED) is 0.469. The van der Waals surface area contributed by atoms with Crippen LogP contribution in [0.25, 0.3) is 0 Å². The van der Waals surface area contributed by atoms with Crippen molar-refractivity contribution in [2.45, 2.75) is 88.9 Å². The molecule has 0 amide bonds. The Morgan fingerprint density at radius 2 is 1.73 bits per heavy atom. The predicted octanol–water partition coefficient (Wildman–Crippen LogP) is 4.48. The monoisotopic (exact) mass is 362 g/mol. The van der Waals surface area contributed by atoms with Crippen molar-refractivity contribution in [1.29, 1.82) is 0 Å². The molecule has 146 valence electrons. The summed E-state index contributed by atoms with van der Waals surface area (Å²) in [5.41, 5.74) is 0. The highest BCUT2D eigenvalue weighted by Gasteiger charge is 2.47. The van der Waals surface area contributed by atoms with Crippen molar-refractivity contribution < 1.29 is 19.7 Å². The van der Waals surface area contributed by atoms with Gasteiger partial charge in [0.15, 0.2) is 0 Å².